The maximum absolute atomic E-state index is 12.9. The molecule has 198 valence electrons. The van der Waals surface area contributed by atoms with Crippen LogP contribution in [0, 0.1) is 10.1 Å². The van der Waals surface area contributed by atoms with Crippen LogP contribution in [0.2, 0.25) is 0 Å². The lowest BCUT2D eigenvalue weighted by Gasteiger charge is -2.48. The SMILES string of the molecule is CON=C(C(=O)NC1C(=O)N2C(C(=O)OCc3ccc([N+](=O)[O-])cc3)=C(O)CS[C@@H]12)c1csc(NC=O)n1. The topological polar surface area (TPSA) is 203 Å². The van der Waals surface area contributed by atoms with Crippen molar-refractivity contribution in [3.63, 3.8) is 0 Å². The molecule has 0 bridgehead atoms. The molecule has 1 saturated heterocycles. The normalized spacial score (nSPS) is 18.7. The Labute approximate surface area is 221 Å². The van der Waals surface area contributed by atoms with Crippen LogP contribution in [0.4, 0.5) is 10.8 Å². The number of hydrogen-bond donors (Lipinski definition) is 3. The Balaban J connectivity index is 1.42. The summed E-state index contributed by atoms with van der Waals surface area (Å²) in [7, 11) is 1.22. The summed E-state index contributed by atoms with van der Waals surface area (Å²) in [4.78, 5) is 69.2. The van der Waals surface area contributed by atoms with Crippen molar-refractivity contribution in [2.24, 2.45) is 5.16 Å². The van der Waals surface area contributed by atoms with E-state index >= 15 is 0 Å². The number of rotatable bonds is 10. The number of thiazole rings is 1. The van der Waals surface area contributed by atoms with Crippen molar-refractivity contribution in [1.82, 2.24) is 15.2 Å². The molecule has 0 saturated carbocycles. The minimum atomic E-state index is -1.05. The largest absolute Gasteiger partial charge is 0.509 e. The van der Waals surface area contributed by atoms with Gasteiger partial charge in [0, 0.05) is 17.5 Å². The van der Waals surface area contributed by atoms with Crippen LogP contribution in [0.25, 0.3) is 0 Å². The molecule has 0 aliphatic carbocycles. The number of amides is 3. The number of esters is 1. The van der Waals surface area contributed by atoms with E-state index in [1.54, 1.807) is 0 Å². The molecule has 4 rings (SSSR count). The fraction of sp³-hybridized carbons (Fsp3) is 0.238. The standard InChI is InChI=1S/C21H18N6O9S2/c1-35-25-14(12-7-38-21(23-12)22-9-28)17(30)24-15-18(31)26-16(13(29)8-37-19(15)26)20(32)36-6-10-2-4-11(5-3-10)27(33)34/h2-5,7,9,15,19,29H,6,8H2,1H3,(H,24,30)(H,22,23,28)/t15?,19-/m0/s1. The summed E-state index contributed by atoms with van der Waals surface area (Å²) in [6.45, 7) is -0.251. The third-order valence-electron chi connectivity index (χ3n) is 5.27. The maximum atomic E-state index is 12.9. The van der Waals surface area contributed by atoms with Crippen molar-refractivity contribution in [2.75, 3.05) is 18.2 Å². The van der Waals surface area contributed by atoms with Crippen molar-refractivity contribution in [2.45, 2.75) is 18.0 Å². The van der Waals surface area contributed by atoms with Crippen LogP contribution in [0.15, 0.2) is 46.3 Å². The molecule has 0 radical (unpaired) electrons. The highest BCUT2D eigenvalue weighted by Gasteiger charge is 2.55. The minimum Gasteiger partial charge on any atom is -0.509 e. The molecular formula is C21H18N6O9S2. The average Bonchev–Trinajstić information content (AvgIpc) is 3.37. The first kappa shape index (κ1) is 26.6. The highest BCUT2D eigenvalue weighted by Crippen LogP contribution is 2.40. The number of nitrogens with zero attached hydrogens (tertiary/aromatic N) is 4. The fourth-order valence-corrected chi connectivity index (χ4v) is 5.38. The predicted molar refractivity (Wildman–Crippen MR) is 133 cm³/mol. The Morgan fingerprint density at radius 2 is 2.11 bits per heavy atom. The van der Waals surface area contributed by atoms with Crippen molar-refractivity contribution >= 4 is 63.8 Å². The Morgan fingerprint density at radius 1 is 1.37 bits per heavy atom. The first-order valence-corrected chi connectivity index (χ1v) is 12.5. The number of aliphatic hydroxyl groups is 1. The number of hydrogen-bond acceptors (Lipinski definition) is 13. The molecule has 3 N–H and O–H groups in total. The minimum absolute atomic E-state index is 0.0192. The van der Waals surface area contributed by atoms with E-state index in [1.807, 2.05) is 0 Å². The van der Waals surface area contributed by atoms with Crippen LogP contribution in [0.3, 0.4) is 0 Å². The zero-order valence-electron chi connectivity index (χ0n) is 19.4. The number of benzene rings is 1. The molecule has 3 heterocycles. The Bertz CT molecular complexity index is 1360. The van der Waals surface area contributed by atoms with Gasteiger partial charge in [-0.1, -0.05) is 5.16 Å². The number of anilines is 1. The second kappa shape index (κ2) is 11.3. The van der Waals surface area contributed by atoms with Gasteiger partial charge in [0.1, 0.15) is 36.6 Å². The third kappa shape index (κ3) is 5.28. The van der Waals surface area contributed by atoms with Crippen LogP contribution in [0.1, 0.15) is 11.3 Å². The molecule has 1 aromatic carbocycles. The van der Waals surface area contributed by atoms with Gasteiger partial charge in [0.25, 0.3) is 17.5 Å². The maximum Gasteiger partial charge on any atom is 0.358 e. The van der Waals surface area contributed by atoms with E-state index in [4.69, 9.17) is 9.57 Å². The van der Waals surface area contributed by atoms with E-state index < -0.39 is 34.1 Å². The molecule has 2 aliphatic rings. The number of nitro benzene ring substituents is 1. The Hall–Kier alpha value is -4.51. The number of oxime groups is 1. The average molecular weight is 563 g/mol. The third-order valence-corrected chi connectivity index (χ3v) is 7.31. The molecular weight excluding hydrogens is 544 g/mol. The highest BCUT2D eigenvalue weighted by molar-refractivity contribution is 8.00. The molecule has 3 amide bonds. The van der Waals surface area contributed by atoms with Gasteiger partial charge in [-0.3, -0.25) is 29.4 Å². The quantitative estimate of drug-likeness (QED) is 0.0926. The van der Waals surface area contributed by atoms with Crippen molar-refractivity contribution in [3.05, 3.63) is 62.5 Å². The Morgan fingerprint density at radius 3 is 2.76 bits per heavy atom. The number of fused-ring (bicyclic) bond motifs is 1. The van der Waals surface area contributed by atoms with E-state index in [-0.39, 0.29) is 46.0 Å². The molecule has 38 heavy (non-hydrogen) atoms. The van der Waals surface area contributed by atoms with E-state index in [0.29, 0.717) is 12.0 Å². The van der Waals surface area contributed by atoms with Gasteiger partial charge in [-0.2, -0.15) is 0 Å². The number of non-ortho nitro benzene ring substituents is 1. The predicted octanol–water partition coefficient (Wildman–Crippen LogP) is 0.883. The van der Waals surface area contributed by atoms with Crippen LogP contribution in [-0.2, 0) is 35.4 Å². The zero-order chi connectivity index (χ0) is 27.4. The second-order valence-corrected chi connectivity index (χ2v) is 9.54. The summed E-state index contributed by atoms with van der Waals surface area (Å²) < 4.78 is 5.22. The number of carbonyl (C=O) groups excluding carboxylic acids is 4. The molecule has 2 atom stereocenters. The number of nitrogens with one attached hydrogen (secondary N) is 2. The highest BCUT2D eigenvalue weighted by atomic mass is 32.2. The van der Waals surface area contributed by atoms with Crippen LogP contribution < -0.4 is 10.6 Å². The summed E-state index contributed by atoms with van der Waals surface area (Å²) in [5, 5.41) is 30.6. The molecule has 15 nitrogen and oxygen atoms in total. The van der Waals surface area contributed by atoms with E-state index in [0.717, 1.165) is 28.0 Å². The lowest BCUT2D eigenvalue weighted by atomic mass is 10.0. The number of carbonyl (C=O) groups is 4. The molecule has 2 aromatic rings. The fourth-order valence-electron chi connectivity index (χ4n) is 3.53. The number of aliphatic hydroxyl groups excluding tert-OH is 1. The molecule has 1 aromatic heterocycles. The second-order valence-electron chi connectivity index (χ2n) is 7.58. The van der Waals surface area contributed by atoms with E-state index in [2.05, 4.69) is 20.8 Å². The smallest absolute Gasteiger partial charge is 0.358 e. The Kier molecular flexibility index (Phi) is 7.87. The number of ether oxygens (including phenoxy) is 1. The van der Waals surface area contributed by atoms with Crippen molar-refractivity contribution in [3.8, 4) is 0 Å². The van der Waals surface area contributed by atoms with E-state index in [9.17, 15) is 34.4 Å². The molecule has 1 fully saturated rings. The molecule has 2 aliphatic heterocycles. The molecule has 17 heteroatoms. The zero-order valence-corrected chi connectivity index (χ0v) is 21.0. The lowest BCUT2D eigenvalue weighted by Crippen LogP contribution is -2.71. The molecule has 0 spiro atoms. The van der Waals surface area contributed by atoms with Gasteiger partial charge in [0.05, 0.1) is 10.7 Å². The number of β-lactam (4-membered cyclic amide) rings is 1. The van der Waals surface area contributed by atoms with Gasteiger partial charge in [0.2, 0.25) is 6.41 Å². The van der Waals surface area contributed by atoms with Gasteiger partial charge in [-0.05, 0) is 17.7 Å². The van der Waals surface area contributed by atoms with Crippen LogP contribution >= 0.6 is 23.1 Å². The first-order valence-electron chi connectivity index (χ1n) is 10.6. The summed E-state index contributed by atoms with van der Waals surface area (Å²) in [5.41, 5.74) is -0.147. The van der Waals surface area contributed by atoms with Crippen LogP contribution in [0.5, 0.6) is 0 Å². The summed E-state index contributed by atoms with van der Waals surface area (Å²) >= 11 is 2.17. The summed E-state index contributed by atoms with van der Waals surface area (Å²) in [6, 6.07) is 4.29. The van der Waals surface area contributed by atoms with Crippen molar-refractivity contribution < 1.29 is 38.8 Å². The summed E-state index contributed by atoms with van der Waals surface area (Å²) in [6.07, 6.45) is 0.426. The van der Waals surface area contributed by atoms with E-state index in [1.165, 1.54) is 36.8 Å². The first-order chi connectivity index (χ1) is 18.2. The van der Waals surface area contributed by atoms with Crippen molar-refractivity contribution in [1.29, 1.82) is 0 Å². The summed E-state index contributed by atoms with van der Waals surface area (Å²) in [5.74, 6) is -2.80. The van der Waals surface area contributed by atoms with Gasteiger partial charge in [0.15, 0.2) is 16.5 Å². The lowest BCUT2D eigenvalue weighted by molar-refractivity contribution is -0.384. The monoisotopic (exact) mass is 562 g/mol. The van der Waals surface area contributed by atoms with Gasteiger partial charge in [-0.25, -0.2) is 9.78 Å². The number of aromatic nitrogens is 1. The number of nitro groups is 1. The number of thioether (sulfide) groups is 1. The van der Waals surface area contributed by atoms with Crippen LogP contribution in [-0.4, -0.2) is 74.1 Å². The molecule has 1 unspecified atom stereocenters. The van der Waals surface area contributed by atoms with Gasteiger partial charge < -0.3 is 25.3 Å². The van der Waals surface area contributed by atoms with Gasteiger partial charge >= 0.3 is 5.97 Å². The van der Waals surface area contributed by atoms with Gasteiger partial charge in [-0.15, -0.1) is 23.1 Å².